The Kier molecular flexibility index (Phi) is 5.45. The molecule has 7 nitrogen and oxygen atoms in total. The molecule has 0 bridgehead atoms. The highest BCUT2D eigenvalue weighted by atomic mass is 16.5. The van der Waals surface area contributed by atoms with Crippen molar-refractivity contribution < 1.29 is 9.53 Å². The summed E-state index contributed by atoms with van der Waals surface area (Å²) in [5.41, 5.74) is 3.45. The molecule has 1 aliphatic rings. The molecule has 7 heteroatoms. The molecule has 0 spiro atoms. The summed E-state index contributed by atoms with van der Waals surface area (Å²) in [7, 11) is 3.79. The lowest BCUT2D eigenvalue weighted by Crippen LogP contribution is -2.34. The van der Waals surface area contributed by atoms with E-state index in [9.17, 15) is 4.79 Å². The van der Waals surface area contributed by atoms with E-state index >= 15 is 0 Å². The van der Waals surface area contributed by atoms with Crippen molar-refractivity contribution in [2.75, 3.05) is 46.9 Å². The van der Waals surface area contributed by atoms with Crippen molar-refractivity contribution in [3.8, 4) is 11.4 Å². The first-order valence-electron chi connectivity index (χ1n) is 9.78. The van der Waals surface area contributed by atoms with Crippen LogP contribution in [0.25, 0.3) is 16.9 Å². The predicted octanol–water partition coefficient (Wildman–Crippen LogP) is 2.23. The van der Waals surface area contributed by atoms with Gasteiger partial charge >= 0.3 is 0 Å². The fourth-order valence-corrected chi connectivity index (χ4v) is 3.75. The third-order valence-electron chi connectivity index (χ3n) is 5.34. The van der Waals surface area contributed by atoms with Crippen molar-refractivity contribution in [1.29, 1.82) is 0 Å². The number of nitrogens with zero attached hydrogens (tertiary/aromatic N) is 5. The molecule has 0 saturated carbocycles. The normalized spacial score (nSPS) is 15.9. The second kappa shape index (κ2) is 8.16. The van der Waals surface area contributed by atoms with Gasteiger partial charge in [-0.3, -0.25) is 9.48 Å². The molecule has 1 amide bonds. The summed E-state index contributed by atoms with van der Waals surface area (Å²) in [6.07, 6.45) is 4.94. The van der Waals surface area contributed by atoms with Gasteiger partial charge in [0.05, 0.1) is 29.9 Å². The van der Waals surface area contributed by atoms with E-state index in [1.54, 1.807) is 7.11 Å². The number of rotatable bonds is 5. The van der Waals surface area contributed by atoms with Crippen LogP contribution in [0.15, 0.2) is 42.7 Å². The fourth-order valence-electron chi connectivity index (χ4n) is 3.75. The fraction of sp³-hybridized carbons (Fsp3) is 0.429. The molecule has 1 saturated heterocycles. The van der Waals surface area contributed by atoms with Gasteiger partial charge in [-0.1, -0.05) is 6.07 Å². The number of fused-ring (bicyclic) bond motifs is 1. The van der Waals surface area contributed by atoms with Crippen LogP contribution in [0.3, 0.4) is 0 Å². The van der Waals surface area contributed by atoms with E-state index < -0.39 is 0 Å². The zero-order chi connectivity index (χ0) is 19.5. The summed E-state index contributed by atoms with van der Waals surface area (Å²) < 4.78 is 9.06. The minimum atomic E-state index is 0.101. The predicted molar refractivity (Wildman–Crippen MR) is 109 cm³/mol. The zero-order valence-corrected chi connectivity index (χ0v) is 16.5. The summed E-state index contributed by atoms with van der Waals surface area (Å²) >= 11 is 0. The summed E-state index contributed by atoms with van der Waals surface area (Å²) in [5.74, 6) is 0.101. The van der Waals surface area contributed by atoms with E-state index in [0.717, 1.165) is 55.1 Å². The van der Waals surface area contributed by atoms with Crippen molar-refractivity contribution in [2.45, 2.75) is 13.0 Å². The van der Waals surface area contributed by atoms with Crippen LogP contribution in [-0.2, 0) is 11.3 Å². The van der Waals surface area contributed by atoms with Gasteiger partial charge in [-0.15, -0.1) is 0 Å². The van der Waals surface area contributed by atoms with Gasteiger partial charge in [0.25, 0.3) is 5.91 Å². The first kappa shape index (κ1) is 18.7. The van der Waals surface area contributed by atoms with Crippen LogP contribution >= 0.6 is 0 Å². The monoisotopic (exact) mass is 381 g/mol. The number of carbonyl (C=O) groups excluding carboxylic acids is 1. The van der Waals surface area contributed by atoms with E-state index in [-0.39, 0.29) is 5.91 Å². The van der Waals surface area contributed by atoms with E-state index in [0.29, 0.717) is 13.2 Å². The smallest absolute Gasteiger partial charge is 0.256 e. The quantitative estimate of drug-likeness (QED) is 0.680. The first-order chi connectivity index (χ1) is 13.7. The molecule has 0 aromatic carbocycles. The number of pyridine rings is 1. The summed E-state index contributed by atoms with van der Waals surface area (Å²) in [4.78, 5) is 17.6. The molecule has 0 atom stereocenters. The largest absolute Gasteiger partial charge is 0.383 e. The highest BCUT2D eigenvalue weighted by molar-refractivity contribution is 6.02. The third-order valence-corrected chi connectivity index (χ3v) is 5.34. The van der Waals surface area contributed by atoms with Gasteiger partial charge in [0, 0.05) is 39.1 Å². The number of hydrogen-bond acceptors (Lipinski definition) is 4. The number of carbonyl (C=O) groups is 1. The van der Waals surface area contributed by atoms with Crippen molar-refractivity contribution in [1.82, 2.24) is 24.0 Å². The molecule has 0 radical (unpaired) electrons. The van der Waals surface area contributed by atoms with Gasteiger partial charge < -0.3 is 18.9 Å². The van der Waals surface area contributed by atoms with Gasteiger partial charge in [0.15, 0.2) is 0 Å². The molecule has 28 heavy (non-hydrogen) atoms. The maximum Gasteiger partial charge on any atom is 0.256 e. The van der Waals surface area contributed by atoms with E-state index in [1.165, 1.54) is 0 Å². The number of aromatic nitrogens is 3. The first-order valence-corrected chi connectivity index (χ1v) is 9.78. The summed E-state index contributed by atoms with van der Waals surface area (Å²) in [6.45, 7) is 4.82. The van der Waals surface area contributed by atoms with Crippen LogP contribution in [0.4, 0.5) is 0 Å². The molecule has 4 rings (SSSR count). The number of hydrogen-bond donors (Lipinski definition) is 0. The molecular weight excluding hydrogens is 354 g/mol. The molecule has 1 aliphatic heterocycles. The van der Waals surface area contributed by atoms with Crippen molar-refractivity contribution in [3.63, 3.8) is 0 Å². The Balaban J connectivity index is 1.68. The topological polar surface area (TPSA) is 55.0 Å². The Hall–Kier alpha value is -2.64. The Morgan fingerprint density at radius 1 is 1.14 bits per heavy atom. The average molecular weight is 381 g/mol. The highest BCUT2D eigenvalue weighted by Gasteiger charge is 2.23. The second-order valence-corrected chi connectivity index (χ2v) is 7.31. The van der Waals surface area contributed by atoms with Crippen molar-refractivity contribution in [2.24, 2.45) is 0 Å². The SMILES string of the molecule is COCCn1ccc(-c2cc(C(=O)N3CCCN(C)CC3)c3ccccn23)n1. The Morgan fingerprint density at radius 3 is 2.89 bits per heavy atom. The van der Waals surface area contributed by atoms with Crippen LogP contribution in [0.1, 0.15) is 16.8 Å². The highest BCUT2D eigenvalue weighted by Crippen LogP contribution is 2.26. The second-order valence-electron chi connectivity index (χ2n) is 7.31. The van der Waals surface area contributed by atoms with Crippen LogP contribution in [0.2, 0.25) is 0 Å². The molecule has 1 fully saturated rings. The molecule has 148 valence electrons. The molecule has 0 N–H and O–H groups in total. The lowest BCUT2D eigenvalue weighted by atomic mass is 10.2. The molecule has 4 heterocycles. The van der Waals surface area contributed by atoms with Gasteiger partial charge in [-0.05, 0) is 44.3 Å². The number of likely N-dealkylation sites (N-methyl/N-ethyl adjacent to an activating group) is 1. The number of methoxy groups -OCH3 is 1. The van der Waals surface area contributed by atoms with E-state index in [4.69, 9.17) is 4.74 Å². The van der Waals surface area contributed by atoms with E-state index in [1.807, 2.05) is 52.3 Å². The minimum absolute atomic E-state index is 0.101. The molecule has 3 aromatic rings. The van der Waals surface area contributed by atoms with Crippen LogP contribution in [0.5, 0.6) is 0 Å². The van der Waals surface area contributed by atoms with Crippen LogP contribution in [-0.4, -0.2) is 76.8 Å². The Labute approximate surface area is 165 Å². The minimum Gasteiger partial charge on any atom is -0.383 e. The van der Waals surface area contributed by atoms with E-state index in [2.05, 4.69) is 21.4 Å². The lowest BCUT2D eigenvalue weighted by molar-refractivity contribution is 0.0765. The van der Waals surface area contributed by atoms with Gasteiger partial charge in [-0.25, -0.2) is 0 Å². The van der Waals surface area contributed by atoms with Gasteiger partial charge in [-0.2, -0.15) is 5.10 Å². The van der Waals surface area contributed by atoms with Crippen molar-refractivity contribution in [3.05, 3.63) is 48.3 Å². The maximum absolute atomic E-state index is 13.3. The van der Waals surface area contributed by atoms with Gasteiger partial charge in [0.1, 0.15) is 5.69 Å². The molecule has 0 aliphatic carbocycles. The Morgan fingerprint density at radius 2 is 2.04 bits per heavy atom. The molecular formula is C21H27N5O2. The van der Waals surface area contributed by atoms with Crippen LogP contribution in [0, 0.1) is 0 Å². The van der Waals surface area contributed by atoms with Crippen molar-refractivity contribution >= 4 is 11.4 Å². The third kappa shape index (κ3) is 3.68. The van der Waals surface area contributed by atoms with Crippen LogP contribution < -0.4 is 0 Å². The summed E-state index contributed by atoms with van der Waals surface area (Å²) in [5, 5.41) is 4.66. The maximum atomic E-state index is 13.3. The summed E-state index contributed by atoms with van der Waals surface area (Å²) in [6, 6.07) is 9.92. The number of amides is 1. The molecule has 0 unspecified atom stereocenters. The van der Waals surface area contributed by atoms with Gasteiger partial charge in [0.2, 0.25) is 0 Å². The average Bonchev–Trinajstić information content (AvgIpc) is 3.26. The molecule has 3 aromatic heterocycles. The number of ether oxygens (including phenoxy) is 1. The Bertz CT molecular complexity index is 961. The lowest BCUT2D eigenvalue weighted by Gasteiger charge is -2.20. The standard InChI is InChI=1S/C21H27N5O2/c1-23-8-5-9-24(13-12-23)21(27)17-16-20(26-10-4-3-6-19(17)26)18-7-11-25(22-18)14-15-28-2/h3-4,6-7,10-11,16H,5,8-9,12-15H2,1-2H3. The zero-order valence-electron chi connectivity index (χ0n) is 16.5.